The van der Waals surface area contributed by atoms with Crippen LogP contribution in [-0.4, -0.2) is 12.2 Å². The van der Waals surface area contributed by atoms with Crippen LogP contribution in [0.3, 0.4) is 0 Å². The molecule has 0 amide bonds. The van der Waals surface area contributed by atoms with Crippen LogP contribution >= 0.6 is 0 Å². The molecule has 0 saturated heterocycles. The highest BCUT2D eigenvalue weighted by Crippen LogP contribution is 2.42. The first-order valence-corrected chi connectivity index (χ1v) is 11.2. The van der Waals surface area contributed by atoms with Gasteiger partial charge in [0.25, 0.3) is 0 Å². The second kappa shape index (κ2) is 9.17. The molecule has 0 spiro atoms. The Morgan fingerprint density at radius 3 is 1.58 bits per heavy atom. The fourth-order valence-corrected chi connectivity index (χ4v) is 5.11. The van der Waals surface area contributed by atoms with Crippen molar-refractivity contribution < 1.29 is 13.5 Å². The van der Waals surface area contributed by atoms with E-state index in [1.54, 1.807) is 0 Å². The molecule has 0 aromatic heterocycles. The number of hydrogen-bond acceptors (Lipinski definition) is 1. The van der Waals surface area contributed by atoms with E-state index in [-0.39, 0.29) is 6.10 Å². The van der Waals surface area contributed by atoms with Gasteiger partial charge in [0.05, 0.1) is 12.0 Å². The molecule has 0 radical (unpaired) electrons. The summed E-state index contributed by atoms with van der Waals surface area (Å²) < 4.78 is 34.4. The van der Waals surface area contributed by atoms with Crippen molar-refractivity contribution in [3.8, 4) is 0 Å². The largest absolute Gasteiger partial charge is 0.358 e. The van der Waals surface area contributed by atoms with Crippen LogP contribution in [0.5, 0.6) is 0 Å². The molecule has 3 fully saturated rings. The lowest BCUT2D eigenvalue weighted by Gasteiger charge is -2.36. The Kier molecular flexibility index (Phi) is 7.16. The Morgan fingerprint density at radius 1 is 0.654 bits per heavy atom. The number of hydrogen-bond donors (Lipinski definition) is 0. The quantitative estimate of drug-likeness (QED) is 0.460. The van der Waals surface area contributed by atoms with E-state index in [1.165, 1.54) is 25.7 Å². The van der Waals surface area contributed by atoms with Crippen molar-refractivity contribution in [2.24, 2.45) is 29.6 Å². The summed E-state index contributed by atoms with van der Waals surface area (Å²) in [5, 5.41) is 0. The predicted octanol–water partition coefficient (Wildman–Crippen LogP) is 7.36. The molecule has 26 heavy (non-hydrogen) atoms. The first-order chi connectivity index (χ1) is 12.4. The monoisotopic (exact) mass is 368 g/mol. The SMILES string of the molecule is CC1CCC(/C=C/C2CCC(OC(F)(F)C3CCC(C)CC3)CC2)CC1. The molecule has 0 aromatic carbocycles. The number of ether oxygens (including phenoxy) is 1. The van der Waals surface area contributed by atoms with Crippen molar-refractivity contribution in [1.29, 1.82) is 0 Å². The molecule has 0 bridgehead atoms. The Balaban J connectivity index is 1.39. The summed E-state index contributed by atoms with van der Waals surface area (Å²) in [5.74, 6) is 2.24. The fraction of sp³-hybridized carbons (Fsp3) is 0.913. The minimum absolute atomic E-state index is 0.246. The van der Waals surface area contributed by atoms with Gasteiger partial charge >= 0.3 is 6.11 Å². The lowest BCUT2D eigenvalue weighted by molar-refractivity contribution is -0.301. The molecule has 0 aromatic rings. The number of allylic oxidation sites excluding steroid dienone is 2. The Bertz CT molecular complexity index is 437. The van der Waals surface area contributed by atoms with Crippen LogP contribution in [0.15, 0.2) is 12.2 Å². The Labute approximate surface area is 159 Å². The number of alkyl halides is 2. The summed E-state index contributed by atoms with van der Waals surface area (Å²) in [4.78, 5) is 0. The zero-order valence-electron chi connectivity index (χ0n) is 16.8. The van der Waals surface area contributed by atoms with Gasteiger partial charge in [-0.3, -0.25) is 0 Å². The second-order valence-electron chi connectivity index (χ2n) is 9.58. The molecular formula is C23H38F2O. The molecule has 3 aliphatic rings. The summed E-state index contributed by atoms with van der Waals surface area (Å²) in [5.41, 5.74) is 0. The average molecular weight is 369 g/mol. The van der Waals surface area contributed by atoms with E-state index in [4.69, 9.17) is 4.74 Å². The van der Waals surface area contributed by atoms with Crippen LogP contribution in [0.4, 0.5) is 8.78 Å². The van der Waals surface area contributed by atoms with E-state index in [0.29, 0.717) is 24.7 Å². The second-order valence-corrected chi connectivity index (χ2v) is 9.58. The van der Waals surface area contributed by atoms with Gasteiger partial charge in [0.1, 0.15) is 0 Å². The normalized spacial score (nSPS) is 40.0. The van der Waals surface area contributed by atoms with Crippen LogP contribution in [-0.2, 0) is 4.74 Å². The summed E-state index contributed by atoms with van der Waals surface area (Å²) in [6.07, 6.45) is 13.6. The summed E-state index contributed by atoms with van der Waals surface area (Å²) >= 11 is 0. The molecule has 0 unspecified atom stereocenters. The Hall–Kier alpha value is -0.440. The van der Waals surface area contributed by atoms with Gasteiger partial charge in [-0.05, 0) is 75.0 Å². The third-order valence-electron chi connectivity index (χ3n) is 7.25. The summed E-state index contributed by atoms with van der Waals surface area (Å²) in [6.45, 7) is 4.52. The van der Waals surface area contributed by atoms with E-state index in [1.807, 2.05) is 0 Å². The maximum Gasteiger partial charge on any atom is 0.358 e. The highest BCUT2D eigenvalue weighted by Gasteiger charge is 2.44. The highest BCUT2D eigenvalue weighted by atomic mass is 19.3. The summed E-state index contributed by atoms with van der Waals surface area (Å²) in [7, 11) is 0. The topological polar surface area (TPSA) is 9.23 Å². The number of rotatable bonds is 5. The molecule has 150 valence electrons. The predicted molar refractivity (Wildman–Crippen MR) is 103 cm³/mol. The third kappa shape index (κ3) is 5.78. The van der Waals surface area contributed by atoms with E-state index >= 15 is 0 Å². The average Bonchev–Trinajstić information content (AvgIpc) is 2.62. The highest BCUT2D eigenvalue weighted by molar-refractivity contribution is 4.96. The molecule has 0 heterocycles. The van der Waals surface area contributed by atoms with Gasteiger partial charge in [0.15, 0.2) is 0 Å². The standard InChI is InChI=1S/C23H38F2O/c1-17-3-7-19(8-4-17)9-10-20-11-15-22(16-12-20)26-23(24,25)21-13-5-18(2)6-14-21/h9-10,17-22H,3-8,11-16H2,1-2H3/b10-9+. The maximum atomic E-state index is 14.5. The van der Waals surface area contributed by atoms with Crippen molar-refractivity contribution >= 4 is 0 Å². The van der Waals surface area contributed by atoms with E-state index in [9.17, 15) is 8.78 Å². The minimum atomic E-state index is -2.92. The minimum Gasteiger partial charge on any atom is -0.317 e. The maximum absolute atomic E-state index is 14.5. The van der Waals surface area contributed by atoms with Crippen molar-refractivity contribution in [2.45, 2.75) is 103 Å². The molecular weight excluding hydrogens is 330 g/mol. The molecule has 0 N–H and O–H groups in total. The van der Waals surface area contributed by atoms with Crippen LogP contribution in [0.25, 0.3) is 0 Å². The van der Waals surface area contributed by atoms with Gasteiger partial charge < -0.3 is 4.74 Å². The molecule has 3 rings (SSSR count). The fourth-order valence-electron chi connectivity index (χ4n) is 5.11. The van der Waals surface area contributed by atoms with Crippen LogP contribution < -0.4 is 0 Å². The zero-order valence-corrected chi connectivity index (χ0v) is 16.8. The third-order valence-corrected chi connectivity index (χ3v) is 7.25. The zero-order chi connectivity index (χ0) is 18.6. The van der Waals surface area contributed by atoms with Gasteiger partial charge in [-0.2, -0.15) is 8.78 Å². The summed E-state index contributed by atoms with van der Waals surface area (Å²) in [6, 6.07) is 0. The van der Waals surface area contributed by atoms with Gasteiger partial charge in [0, 0.05) is 0 Å². The first kappa shape index (κ1) is 20.3. The smallest absolute Gasteiger partial charge is 0.317 e. The van der Waals surface area contributed by atoms with E-state index in [0.717, 1.165) is 50.4 Å². The van der Waals surface area contributed by atoms with E-state index < -0.39 is 12.0 Å². The lowest BCUT2D eigenvalue weighted by Crippen LogP contribution is -2.38. The molecule has 0 atom stereocenters. The lowest BCUT2D eigenvalue weighted by atomic mass is 9.81. The van der Waals surface area contributed by atoms with Crippen molar-refractivity contribution in [1.82, 2.24) is 0 Å². The van der Waals surface area contributed by atoms with Gasteiger partial charge in [-0.15, -0.1) is 0 Å². The van der Waals surface area contributed by atoms with E-state index in [2.05, 4.69) is 26.0 Å². The molecule has 0 aliphatic heterocycles. The first-order valence-electron chi connectivity index (χ1n) is 11.2. The molecule has 3 heteroatoms. The van der Waals surface area contributed by atoms with Crippen LogP contribution in [0, 0.1) is 29.6 Å². The Morgan fingerprint density at radius 2 is 1.08 bits per heavy atom. The van der Waals surface area contributed by atoms with Gasteiger partial charge in [-0.25, -0.2) is 0 Å². The van der Waals surface area contributed by atoms with Crippen molar-refractivity contribution in [3.05, 3.63) is 12.2 Å². The van der Waals surface area contributed by atoms with Crippen molar-refractivity contribution in [3.63, 3.8) is 0 Å². The van der Waals surface area contributed by atoms with Crippen LogP contribution in [0.2, 0.25) is 0 Å². The van der Waals surface area contributed by atoms with Gasteiger partial charge in [-0.1, -0.05) is 51.7 Å². The molecule has 3 saturated carbocycles. The number of halogens is 2. The van der Waals surface area contributed by atoms with Crippen LogP contribution in [0.1, 0.15) is 90.9 Å². The van der Waals surface area contributed by atoms with Crippen molar-refractivity contribution in [2.75, 3.05) is 0 Å². The molecule has 1 nitrogen and oxygen atoms in total. The molecule has 3 aliphatic carbocycles. The van der Waals surface area contributed by atoms with Gasteiger partial charge in [0.2, 0.25) is 0 Å².